The van der Waals surface area contributed by atoms with Gasteiger partial charge in [-0.3, -0.25) is 4.79 Å². The molecule has 0 aliphatic carbocycles. The van der Waals surface area contributed by atoms with Crippen LogP contribution in [0, 0.1) is 0 Å². The Morgan fingerprint density at radius 2 is 2.40 bits per heavy atom. The predicted molar refractivity (Wildman–Crippen MR) is 75.5 cm³/mol. The van der Waals surface area contributed by atoms with Crippen molar-refractivity contribution >= 4 is 17.2 Å². The van der Waals surface area contributed by atoms with Crippen LogP contribution in [0.4, 0.5) is 0 Å². The summed E-state index contributed by atoms with van der Waals surface area (Å²) in [6, 6.07) is 5.37. The van der Waals surface area contributed by atoms with Gasteiger partial charge in [-0.25, -0.2) is 0 Å². The molecule has 108 valence electrons. The Morgan fingerprint density at radius 1 is 1.55 bits per heavy atom. The van der Waals surface area contributed by atoms with Gasteiger partial charge in [0.15, 0.2) is 0 Å². The van der Waals surface area contributed by atoms with Crippen LogP contribution in [0.1, 0.15) is 17.4 Å². The zero-order chi connectivity index (χ0) is 14.4. The second-order valence-corrected chi connectivity index (χ2v) is 5.21. The van der Waals surface area contributed by atoms with E-state index < -0.39 is 5.60 Å². The van der Waals surface area contributed by atoms with Crippen molar-refractivity contribution in [3.8, 4) is 0 Å². The first-order valence-electron chi connectivity index (χ1n) is 6.30. The quantitative estimate of drug-likeness (QED) is 0.816. The lowest BCUT2D eigenvalue weighted by molar-refractivity contribution is -0.126. The molecule has 2 aromatic heterocycles. The van der Waals surface area contributed by atoms with Crippen LogP contribution >= 0.6 is 11.3 Å². The van der Waals surface area contributed by atoms with Crippen LogP contribution in [0.5, 0.6) is 0 Å². The maximum Gasteiger partial charge on any atom is 0.246 e. The van der Waals surface area contributed by atoms with E-state index in [0.29, 0.717) is 12.2 Å². The van der Waals surface area contributed by atoms with Gasteiger partial charge in [-0.2, -0.15) is 0 Å². The molecule has 2 aromatic rings. The molecule has 1 atom stereocenters. The van der Waals surface area contributed by atoms with Crippen molar-refractivity contribution in [2.24, 2.45) is 0 Å². The summed E-state index contributed by atoms with van der Waals surface area (Å²) in [5.41, 5.74) is -0.681. The van der Waals surface area contributed by atoms with Crippen LogP contribution in [-0.2, 0) is 15.1 Å². The highest BCUT2D eigenvalue weighted by Crippen LogP contribution is 2.32. The Bertz CT molecular complexity index is 487. The van der Waals surface area contributed by atoms with E-state index in [-0.39, 0.29) is 19.1 Å². The summed E-state index contributed by atoms with van der Waals surface area (Å²) in [5, 5.41) is 15.5. The van der Waals surface area contributed by atoms with Gasteiger partial charge in [-0.15, -0.1) is 11.3 Å². The van der Waals surface area contributed by atoms with Crippen LogP contribution in [0.15, 0.2) is 40.5 Å². The molecule has 0 saturated heterocycles. The van der Waals surface area contributed by atoms with Gasteiger partial charge in [0.25, 0.3) is 0 Å². The molecule has 6 heteroatoms. The molecule has 0 unspecified atom stereocenters. The summed E-state index contributed by atoms with van der Waals surface area (Å²) in [7, 11) is 0. The third-order valence-electron chi connectivity index (χ3n) is 2.91. The smallest absolute Gasteiger partial charge is 0.246 e. The van der Waals surface area contributed by atoms with E-state index in [1.807, 2.05) is 24.4 Å². The van der Waals surface area contributed by atoms with Crippen molar-refractivity contribution in [1.29, 1.82) is 0 Å². The molecule has 0 aliphatic rings. The van der Waals surface area contributed by atoms with Crippen LogP contribution < -0.4 is 5.32 Å². The molecular formula is C14H17NO4S. The normalized spacial score (nSPS) is 13.9. The third-order valence-corrected chi connectivity index (χ3v) is 3.93. The first kappa shape index (κ1) is 14.8. The minimum Gasteiger partial charge on any atom is -0.472 e. The lowest BCUT2D eigenvalue weighted by Crippen LogP contribution is -2.42. The zero-order valence-electron chi connectivity index (χ0n) is 11.2. The topological polar surface area (TPSA) is 71.7 Å². The van der Waals surface area contributed by atoms with Crippen LogP contribution in [-0.4, -0.2) is 30.8 Å². The van der Waals surface area contributed by atoms with Gasteiger partial charge in [0.1, 0.15) is 12.2 Å². The van der Waals surface area contributed by atoms with E-state index in [9.17, 15) is 9.90 Å². The van der Waals surface area contributed by atoms with E-state index in [1.54, 1.807) is 6.07 Å². The molecule has 1 amide bonds. The fraction of sp³-hybridized carbons (Fsp3) is 0.357. The van der Waals surface area contributed by atoms with Crippen molar-refractivity contribution in [3.05, 3.63) is 46.5 Å². The van der Waals surface area contributed by atoms with Crippen molar-refractivity contribution in [2.45, 2.75) is 12.5 Å². The van der Waals surface area contributed by atoms with Crippen molar-refractivity contribution in [1.82, 2.24) is 5.32 Å². The van der Waals surface area contributed by atoms with Crippen LogP contribution in [0.3, 0.4) is 0 Å². The highest BCUT2D eigenvalue weighted by atomic mass is 32.1. The average Bonchev–Trinajstić information content (AvgIpc) is 3.14. The first-order chi connectivity index (χ1) is 9.66. The van der Waals surface area contributed by atoms with E-state index in [2.05, 4.69) is 5.32 Å². The Morgan fingerprint density at radius 3 is 3.00 bits per heavy atom. The molecule has 0 aromatic carbocycles. The van der Waals surface area contributed by atoms with Crippen LogP contribution in [0.2, 0.25) is 0 Å². The summed E-state index contributed by atoms with van der Waals surface area (Å²) < 4.78 is 10.1. The molecule has 2 rings (SSSR count). The SMILES string of the molecule is CCOCC(=O)NC[C@](O)(c1ccoc1)c1cccs1. The minimum atomic E-state index is -1.29. The standard InChI is InChI=1S/C14H17NO4S/c1-2-18-9-13(16)15-10-14(17,11-5-6-19-8-11)12-4-3-7-20-12/h3-8,17H,2,9-10H2,1H3,(H,15,16)/t14-/m0/s1. The number of rotatable bonds is 7. The van der Waals surface area contributed by atoms with Gasteiger partial charge in [-0.1, -0.05) is 6.07 Å². The summed E-state index contributed by atoms with van der Waals surface area (Å²) >= 11 is 1.42. The second-order valence-electron chi connectivity index (χ2n) is 4.26. The van der Waals surface area contributed by atoms with E-state index in [4.69, 9.17) is 9.15 Å². The fourth-order valence-corrected chi connectivity index (χ4v) is 2.66. The molecule has 0 saturated carbocycles. The monoisotopic (exact) mass is 295 g/mol. The maximum atomic E-state index is 11.6. The first-order valence-corrected chi connectivity index (χ1v) is 7.18. The molecular weight excluding hydrogens is 278 g/mol. The molecule has 2 heterocycles. The molecule has 0 bridgehead atoms. The second kappa shape index (κ2) is 6.69. The molecule has 5 nitrogen and oxygen atoms in total. The lowest BCUT2D eigenvalue weighted by Gasteiger charge is -2.26. The number of carbonyl (C=O) groups excluding carboxylic acids is 1. The number of carbonyl (C=O) groups is 1. The van der Waals surface area contributed by atoms with Crippen molar-refractivity contribution < 1.29 is 19.1 Å². The van der Waals surface area contributed by atoms with Gasteiger partial charge in [0.2, 0.25) is 5.91 Å². The number of ether oxygens (including phenoxy) is 1. The zero-order valence-corrected chi connectivity index (χ0v) is 12.0. The maximum absolute atomic E-state index is 11.6. The lowest BCUT2D eigenvalue weighted by atomic mass is 9.94. The molecule has 2 N–H and O–H groups in total. The summed E-state index contributed by atoms with van der Waals surface area (Å²) in [6.07, 6.45) is 2.98. The van der Waals surface area contributed by atoms with E-state index in [1.165, 1.54) is 23.9 Å². The number of amides is 1. The highest BCUT2D eigenvalue weighted by molar-refractivity contribution is 7.10. The number of hydrogen-bond acceptors (Lipinski definition) is 5. The number of aliphatic hydroxyl groups is 1. The predicted octanol–water partition coefficient (Wildman–Crippen LogP) is 1.73. The van der Waals surface area contributed by atoms with E-state index >= 15 is 0 Å². The summed E-state index contributed by atoms with van der Waals surface area (Å²) in [6.45, 7) is 2.35. The Balaban J connectivity index is 2.11. The number of furan rings is 1. The highest BCUT2D eigenvalue weighted by Gasteiger charge is 2.34. The van der Waals surface area contributed by atoms with Crippen molar-refractivity contribution in [3.63, 3.8) is 0 Å². The van der Waals surface area contributed by atoms with Crippen LogP contribution in [0.25, 0.3) is 0 Å². The van der Waals surface area contributed by atoms with Gasteiger partial charge >= 0.3 is 0 Å². The van der Waals surface area contributed by atoms with E-state index in [0.717, 1.165) is 4.88 Å². The fourth-order valence-electron chi connectivity index (χ4n) is 1.82. The van der Waals surface area contributed by atoms with Gasteiger partial charge < -0.3 is 19.6 Å². The molecule has 0 radical (unpaired) electrons. The van der Waals surface area contributed by atoms with Gasteiger partial charge in [0, 0.05) is 17.0 Å². The number of hydrogen-bond donors (Lipinski definition) is 2. The molecule has 20 heavy (non-hydrogen) atoms. The molecule has 0 spiro atoms. The minimum absolute atomic E-state index is 0.0115. The average molecular weight is 295 g/mol. The number of thiophene rings is 1. The Labute approximate surface area is 121 Å². The summed E-state index contributed by atoms with van der Waals surface area (Å²) in [4.78, 5) is 12.4. The number of nitrogens with one attached hydrogen (secondary N) is 1. The summed E-state index contributed by atoms with van der Waals surface area (Å²) in [5.74, 6) is -0.259. The largest absolute Gasteiger partial charge is 0.472 e. The third kappa shape index (κ3) is 3.27. The molecule has 0 fully saturated rings. The van der Waals surface area contributed by atoms with Crippen molar-refractivity contribution in [2.75, 3.05) is 19.8 Å². The van der Waals surface area contributed by atoms with Gasteiger partial charge in [-0.05, 0) is 24.4 Å². The van der Waals surface area contributed by atoms with Gasteiger partial charge in [0.05, 0.1) is 19.1 Å². The Hall–Kier alpha value is -1.63. The molecule has 0 aliphatic heterocycles. The Kier molecular flexibility index (Phi) is 4.94.